The number of anilines is 1. The minimum absolute atomic E-state index is 0.127. The largest absolute Gasteiger partial charge is 0.350 e. The van der Waals surface area contributed by atoms with Gasteiger partial charge in [0, 0.05) is 36.4 Å². The summed E-state index contributed by atoms with van der Waals surface area (Å²) in [5, 5.41) is 6.05. The number of aromatic nitrogens is 1. The first kappa shape index (κ1) is 20.8. The van der Waals surface area contributed by atoms with Crippen LogP contribution in [0.3, 0.4) is 0 Å². The van der Waals surface area contributed by atoms with Crippen LogP contribution in [0.15, 0.2) is 48.7 Å². The van der Waals surface area contributed by atoms with E-state index in [1.54, 1.807) is 0 Å². The lowest BCUT2D eigenvalue weighted by Gasteiger charge is -2.24. The van der Waals surface area contributed by atoms with Crippen LogP contribution in [0.4, 0.5) is 10.1 Å². The van der Waals surface area contributed by atoms with Crippen molar-refractivity contribution in [2.24, 2.45) is 7.05 Å². The van der Waals surface area contributed by atoms with E-state index in [1.165, 1.54) is 12.1 Å². The number of para-hydroxylation sites is 1. The number of benzene rings is 2. The van der Waals surface area contributed by atoms with Gasteiger partial charge in [-0.2, -0.15) is 0 Å². The Hall–Kier alpha value is -2.90. The van der Waals surface area contributed by atoms with Crippen molar-refractivity contribution in [3.8, 4) is 0 Å². The van der Waals surface area contributed by atoms with Crippen LogP contribution in [0, 0.1) is 5.82 Å². The molecule has 0 bridgehead atoms. The molecule has 2 N–H and O–H groups in total. The van der Waals surface area contributed by atoms with E-state index in [0.717, 1.165) is 22.5 Å². The highest BCUT2D eigenvalue weighted by Crippen LogP contribution is 2.28. The molecule has 29 heavy (non-hydrogen) atoms. The number of nitrogens with zero attached hydrogens (tertiary/aromatic N) is 2. The van der Waals surface area contributed by atoms with Crippen LogP contribution in [0.2, 0.25) is 5.02 Å². The zero-order valence-electron chi connectivity index (χ0n) is 16.4. The fourth-order valence-corrected chi connectivity index (χ4v) is 3.42. The molecule has 0 aliphatic carbocycles. The summed E-state index contributed by atoms with van der Waals surface area (Å²) in [6, 6.07) is 11.6. The third kappa shape index (κ3) is 4.58. The molecule has 1 unspecified atom stereocenters. The summed E-state index contributed by atoms with van der Waals surface area (Å²) in [5.74, 6) is -2.22. The summed E-state index contributed by atoms with van der Waals surface area (Å²) in [6.07, 6.45) is 2.03. The Morgan fingerprint density at radius 3 is 2.59 bits per heavy atom. The Kier molecular flexibility index (Phi) is 6.20. The molecule has 1 heterocycles. The number of aryl methyl sites for hydroxylation is 1. The van der Waals surface area contributed by atoms with Gasteiger partial charge < -0.3 is 20.1 Å². The number of likely N-dealkylation sites (N-methyl/N-ethyl adjacent to an activating group) is 1. The molecule has 0 spiro atoms. The molecular formula is C21H22ClFN4O2. The van der Waals surface area contributed by atoms with Crippen molar-refractivity contribution in [2.75, 3.05) is 26.0 Å². The zero-order chi connectivity index (χ0) is 21.1. The van der Waals surface area contributed by atoms with Crippen LogP contribution in [0.1, 0.15) is 11.6 Å². The molecular weight excluding hydrogens is 395 g/mol. The summed E-state index contributed by atoms with van der Waals surface area (Å²) >= 11 is 5.70. The van der Waals surface area contributed by atoms with Gasteiger partial charge in [-0.15, -0.1) is 0 Å². The highest BCUT2D eigenvalue weighted by Gasteiger charge is 2.22. The predicted octanol–water partition coefficient (Wildman–Crippen LogP) is 3.33. The lowest BCUT2D eigenvalue weighted by atomic mass is 10.0. The van der Waals surface area contributed by atoms with Crippen molar-refractivity contribution in [1.82, 2.24) is 14.8 Å². The van der Waals surface area contributed by atoms with Crippen molar-refractivity contribution >= 4 is 40.0 Å². The van der Waals surface area contributed by atoms with Gasteiger partial charge in [0.1, 0.15) is 5.82 Å². The second kappa shape index (κ2) is 8.63. The van der Waals surface area contributed by atoms with E-state index in [9.17, 15) is 14.0 Å². The van der Waals surface area contributed by atoms with Crippen LogP contribution in [0.25, 0.3) is 10.9 Å². The van der Waals surface area contributed by atoms with E-state index >= 15 is 0 Å². The number of amides is 2. The van der Waals surface area contributed by atoms with E-state index in [2.05, 4.69) is 10.6 Å². The lowest BCUT2D eigenvalue weighted by molar-refractivity contribution is -0.136. The topological polar surface area (TPSA) is 66.4 Å². The van der Waals surface area contributed by atoms with Crippen molar-refractivity contribution in [2.45, 2.75) is 6.04 Å². The molecule has 1 aromatic heterocycles. The Morgan fingerprint density at radius 1 is 1.17 bits per heavy atom. The molecule has 1 atom stereocenters. The number of halogens is 2. The maximum atomic E-state index is 13.2. The summed E-state index contributed by atoms with van der Waals surface area (Å²) < 4.78 is 15.3. The molecule has 3 aromatic rings. The number of carbonyl (C=O) groups is 2. The fraction of sp³-hybridized carbons (Fsp3) is 0.238. The molecule has 6 nitrogen and oxygen atoms in total. The number of rotatable bonds is 5. The van der Waals surface area contributed by atoms with Crippen molar-refractivity contribution in [3.63, 3.8) is 0 Å². The smallest absolute Gasteiger partial charge is 0.313 e. The molecule has 0 aliphatic heterocycles. The predicted molar refractivity (Wildman–Crippen MR) is 112 cm³/mol. The Balaban J connectivity index is 1.70. The average Bonchev–Trinajstić information content (AvgIpc) is 3.01. The minimum atomic E-state index is -0.844. The molecule has 2 amide bonds. The second-order valence-corrected chi connectivity index (χ2v) is 7.39. The third-order valence-electron chi connectivity index (χ3n) is 4.75. The van der Waals surface area contributed by atoms with E-state index in [0.29, 0.717) is 0 Å². The quantitative estimate of drug-likeness (QED) is 0.627. The molecule has 0 radical (unpaired) electrons. The van der Waals surface area contributed by atoms with Crippen LogP contribution in [-0.2, 0) is 16.6 Å². The molecule has 3 rings (SSSR count). The van der Waals surface area contributed by atoms with Crippen molar-refractivity contribution < 1.29 is 14.0 Å². The molecule has 0 saturated carbocycles. The summed E-state index contributed by atoms with van der Waals surface area (Å²) in [4.78, 5) is 26.4. The Morgan fingerprint density at radius 2 is 1.90 bits per heavy atom. The van der Waals surface area contributed by atoms with Gasteiger partial charge in [0.25, 0.3) is 0 Å². The molecule has 152 valence electrons. The standard InChI is InChI=1S/C21H22ClFN4O2/c1-26(2)19(15-12-27(3)18-7-5-4-6-14(15)18)11-24-20(28)21(29)25-13-8-9-17(23)16(22)10-13/h4-10,12,19H,11H2,1-3H3,(H,24,28)(H,25,29). The van der Waals surface area contributed by atoms with E-state index in [-0.39, 0.29) is 23.3 Å². The van der Waals surface area contributed by atoms with Crippen LogP contribution >= 0.6 is 11.6 Å². The van der Waals surface area contributed by atoms with Crippen LogP contribution < -0.4 is 10.6 Å². The molecule has 2 aromatic carbocycles. The number of fused-ring (bicyclic) bond motifs is 1. The normalized spacial score (nSPS) is 12.2. The van der Waals surface area contributed by atoms with Gasteiger partial charge in [0.2, 0.25) is 0 Å². The summed E-state index contributed by atoms with van der Waals surface area (Å²) in [5.41, 5.74) is 2.39. The molecule has 8 heteroatoms. The first-order valence-electron chi connectivity index (χ1n) is 9.02. The number of nitrogens with one attached hydrogen (secondary N) is 2. The monoisotopic (exact) mass is 416 g/mol. The Labute approximate surface area is 173 Å². The molecule has 0 fully saturated rings. The van der Waals surface area contributed by atoms with Gasteiger partial charge in [-0.05, 0) is 43.9 Å². The molecule has 0 aliphatic rings. The SMILES string of the molecule is CN(C)C(CNC(=O)C(=O)Nc1ccc(F)c(Cl)c1)c1cn(C)c2ccccc12. The Bertz CT molecular complexity index is 1060. The number of hydrogen-bond donors (Lipinski definition) is 2. The summed E-state index contributed by atoms with van der Waals surface area (Å²) in [7, 11) is 5.80. The lowest BCUT2D eigenvalue weighted by Crippen LogP contribution is -2.40. The first-order valence-corrected chi connectivity index (χ1v) is 9.40. The maximum Gasteiger partial charge on any atom is 0.313 e. The maximum absolute atomic E-state index is 13.2. The van der Waals surface area contributed by atoms with Gasteiger partial charge in [0.15, 0.2) is 0 Å². The number of carbonyl (C=O) groups excluding carboxylic acids is 2. The number of hydrogen-bond acceptors (Lipinski definition) is 3. The van der Waals surface area contributed by atoms with E-state index in [4.69, 9.17) is 11.6 Å². The fourth-order valence-electron chi connectivity index (χ4n) is 3.24. The first-order chi connectivity index (χ1) is 13.8. The third-order valence-corrected chi connectivity index (χ3v) is 5.04. The van der Waals surface area contributed by atoms with Gasteiger partial charge in [-0.1, -0.05) is 29.8 Å². The van der Waals surface area contributed by atoms with Gasteiger partial charge in [0.05, 0.1) is 11.1 Å². The van der Waals surface area contributed by atoms with Crippen molar-refractivity contribution in [1.29, 1.82) is 0 Å². The van der Waals surface area contributed by atoms with Crippen molar-refractivity contribution in [3.05, 3.63) is 65.1 Å². The highest BCUT2D eigenvalue weighted by molar-refractivity contribution is 6.39. The summed E-state index contributed by atoms with van der Waals surface area (Å²) in [6.45, 7) is 0.247. The van der Waals surface area contributed by atoms with E-state index in [1.807, 2.05) is 61.1 Å². The van der Waals surface area contributed by atoms with Gasteiger partial charge >= 0.3 is 11.8 Å². The van der Waals surface area contributed by atoms with Gasteiger partial charge in [-0.3, -0.25) is 9.59 Å². The van der Waals surface area contributed by atoms with E-state index < -0.39 is 17.6 Å². The van der Waals surface area contributed by atoms with Crippen LogP contribution in [0.5, 0.6) is 0 Å². The van der Waals surface area contributed by atoms with Gasteiger partial charge in [-0.25, -0.2) is 4.39 Å². The average molecular weight is 417 g/mol. The van der Waals surface area contributed by atoms with Crippen LogP contribution in [-0.4, -0.2) is 41.9 Å². The molecule has 0 saturated heterocycles. The highest BCUT2D eigenvalue weighted by atomic mass is 35.5. The minimum Gasteiger partial charge on any atom is -0.350 e. The zero-order valence-corrected chi connectivity index (χ0v) is 17.1. The second-order valence-electron chi connectivity index (χ2n) is 6.98.